The number of para-hydroxylation sites is 1. The molecule has 94 valence electrons. The maximum absolute atomic E-state index is 6.32. The Labute approximate surface area is 116 Å². The lowest BCUT2D eigenvalue weighted by Gasteiger charge is -2.07. The van der Waals surface area contributed by atoms with Crippen LogP contribution in [0.25, 0.3) is 22.2 Å². The maximum Gasteiger partial charge on any atom is 0.0895 e. The van der Waals surface area contributed by atoms with Crippen molar-refractivity contribution in [3.63, 3.8) is 0 Å². The quantitative estimate of drug-likeness (QED) is 0.763. The third-order valence-electron chi connectivity index (χ3n) is 3.14. The van der Waals surface area contributed by atoms with E-state index >= 15 is 0 Å². The van der Waals surface area contributed by atoms with Crippen molar-refractivity contribution < 1.29 is 0 Å². The molecular formula is C16H13ClN2. The molecule has 0 aliphatic rings. The predicted molar refractivity (Wildman–Crippen MR) is 80.1 cm³/mol. The van der Waals surface area contributed by atoms with Gasteiger partial charge in [-0.2, -0.15) is 0 Å². The van der Waals surface area contributed by atoms with Crippen LogP contribution in [0.15, 0.2) is 54.6 Å². The van der Waals surface area contributed by atoms with Crippen molar-refractivity contribution in [3.8, 4) is 11.3 Å². The molecule has 0 aliphatic heterocycles. The SMILES string of the molecule is NCc1ccc(-c2nc3ccccc3cc2Cl)cc1. The highest BCUT2D eigenvalue weighted by atomic mass is 35.5. The molecule has 1 aromatic heterocycles. The molecule has 0 aliphatic carbocycles. The van der Waals surface area contributed by atoms with Crippen LogP contribution < -0.4 is 5.73 Å². The van der Waals surface area contributed by atoms with Crippen LogP contribution in [0.5, 0.6) is 0 Å². The van der Waals surface area contributed by atoms with Crippen LogP contribution in [0, 0.1) is 0 Å². The van der Waals surface area contributed by atoms with Gasteiger partial charge in [0.05, 0.1) is 16.2 Å². The minimum Gasteiger partial charge on any atom is -0.326 e. The van der Waals surface area contributed by atoms with Crippen LogP contribution >= 0.6 is 11.6 Å². The van der Waals surface area contributed by atoms with Gasteiger partial charge in [-0.3, -0.25) is 0 Å². The molecule has 0 bridgehead atoms. The molecule has 3 rings (SSSR count). The number of hydrogen-bond acceptors (Lipinski definition) is 2. The van der Waals surface area contributed by atoms with Crippen molar-refractivity contribution in [1.29, 1.82) is 0 Å². The van der Waals surface area contributed by atoms with Crippen molar-refractivity contribution in [2.24, 2.45) is 5.73 Å². The summed E-state index contributed by atoms with van der Waals surface area (Å²) in [6, 6.07) is 17.9. The van der Waals surface area contributed by atoms with E-state index in [2.05, 4.69) is 4.98 Å². The van der Waals surface area contributed by atoms with Gasteiger partial charge in [-0.1, -0.05) is 54.1 Å². The molecule has 0 atom stereocenters. The Bertz CT molecular complexity index is 720. The summed E-state index contributed by atoms with van der Waals surface area (Å²) in [7, 11) is 0. The summed E-state index contributed by atoms with van der Waals surface area (Å²) in [5.41, 5.74) is 9.46. The first kappa shape index (κ1) is 12.2. The predicted octanol–water partition coefficient (Wildman–Crippen LogP) is 4.01. The highest BCUT2D eigenvalue weighted by Crippen LogP contribution is 2.29. The standard InChI is InChI=1S/C16H13ClN2/c17-14-9-13-3-1-2-4-15(13)19-16(14)12-7-5-11(10-18)6-8-12/h1-9H,10,18H2. The van der Waals surface area contributed by atoms with Gasteiger partial charge in [0.1, 0.15) is 0 Å². The lowest BCUT2D eigenvalue weighted by molar-refractivity contribution is 1.07. The molecule has 0 fully saturated rings. The van der Waals surface area contributed by atoms with E-state index in [1.165, 1.54) is 0 Å². The summed E-state index contributed by atoms with van der Waals surface area (Å²) >= 11 is 6.32. The first-order valence-electron chi connectivity index (χ1n) is 6.12. The summed E-state index contributed by atoms with van der Waals surface area (Å²) in [6.07, 6.45) is 0. The summed E-state index contributed by atoms with van der Waals surface area (Å²) in [5.74, 6) is 0. The zero-order chi connectivity index (χ0) is 13.2. The van der Waals surface area contributed by atoms with Crippen molar-refractivity contribution in [2.75, 3.05) is 0 Å². The van der Waals surface area contributed by atoms with E-state index in [1.807, 2.05) is 54.6 Å². The molecule has 1 heterocycles. The van der Waals surface area contributed by atoms with Gasteiger partial charge in [0.25, 0.3) is 0 Å². The fraction of sp³-hybridized carbons (Fsp3) is 0.0625. The van der Waals surface area contributed by atoms with Crippen molar-refractivity contribution in [3.05, 3.63) is 65.2 Å². The van der Waals surface area contributed by atoms with Crippen molar-refractivity contribution in [2.45, 2.75) is 6.54 Å². The molecule has 2 nitrogen and oxygen atoms in total. The lowest BCUT2D eigenvalue weighted by Crippen LogP contribution is -1.95. The van der Waals surface area contributed by atoms with E-state index in [1.54, 1.807) is 0 Å². The van der Waals surface area contributed by atoms with E-state index in [0.29, 0.717) is 11.6 Å². The van der Waals surface area contributed by atoms with Crippen LogP contribution in [0.2, 0.25) is 5.02 Å². The van der Waals surface area contributed by atoms with E-state index in [4.69, 9.17) is 17.3 Å². The van der Waals surface area contributed by atoms with Gasteiger partial charge in [0.15, 0.2) is 0 Å². The first-order valence-corrected chi connectivity index (χ1v) is 6.50. The second-order valence-electron chi connectivity index (χ2n) is 4.41. The van der Waals surface area contributed by atoms with E-state index in [9.17, 15) is 0 Å². The molecule has 0 radical (unpaired) electrons. The Hall–Kier alpha value is -1.90. The normalized spacial score (nSPS) is 10.8. The van der Waals surface area contributed by atoms with E-state index in [-0.39, 0.29) is 0 Å². The van der Waals surface area contributed by atoms with Crippen LogP contribution in [-0.2, 0) is 6.54 Å². The van der Waals surface area contributed by atoms with Crippen LogP contribution in [0.3, 0.4) is 0 Å². The first-order chi connectivity index (χ1) is 9.28. The second kappa shape index (κ2) is 5.00. The third-order valence-corrected chi connectivity index (χ3v) is 3.43. The monoisotopic (exact) mass is 268 g/mol. The summed E-state index contributed by atoms with van der Waals surface area (Å²) < 4.78 is 0. The minimum absolute atomic E-state index is 0.541. The molecule has 0 amide bonds. The van der Waals surface area contributed by atoms with Crippen LogP contribution in [0.1, 0.15) is 5.56 Å². The van der Waals surface area contributed by atoms with Gasteiger partial charge in [0.2, 0.25) is 0 Å². The van der Waals surface area contributed by atoms with Crippen molar-refractivity contribution >= 4 is 22.5 Å². The molecule has 3 heteroatoms. The molecular weight excluding hydrogens is 256 g/mol. The van der Waals surface area contributed by atoms with Crippen molar-refractivity contribution in [1.82, 2.24) is 4.98 Å². The molecule has 2 aromatic carbocycles. The van der Waals surface area contributed by atoms with Crippen LogP contribution in [-0.4, -0.2) is 4.98 Å². The summed E-state index contributed by atoms with van der Waals surface area (Å²) in [6.45, 7) is 0.541. The minimum atomic E-state index is 0.541. The third kappa shape index (κ3) is 2.33. The number of nitrogens with two attached hydrogens (primary N) is 1. The molecule has 0 unspecified atom stereocenters. The number of nitrogens with zero attached hydrogens (tertiary/aromatic N) is 1. The Morgan fingerprint density at radius 1 is 1.00 bits per heavy atom. The summed E-state index contributed by atoms with van der Waals surface area (Å²) in [4.78, 5) is 4.64. The Balaban J connectivity index is 2.15. The molecule has 0 spiro atoms. The van der Waals surface area contributed by atoms with Gasteiger partial charge in [-0.15, -0.1) is 0 Å². The van der Waals surface area contributed by atoms with Gasteiger partial charge >= 0.3 is 0 Å². The maximum atomic E-state index is 6.32. The van der Waals surface area contributed by atoms with Gasteiger partial charge in [0, 0.05) is 17.5 Å². The van der Waals surface area contributed by atoms with Gasteiger partial charge in [-0.05, 0) is 17.7 Å². The highest BCUT2D eigenvalue weighted by Gasteiger charge is 2.07. The van der Waals surface area contributed by atoms with Gasteiger partial charge in [-0.25, -0.2) is 4.98 Å². The fourth-order valence-corrected chi connectivity index (χ4v) is 2.36. The molecule has 3 aromatic rings. The number of halogens is 1. The number of rotatable bonds is 2. The molecule has 0 saturated heterocycles. The number of hydrogen-bond donors (Lipinski definition) is 1. The van der Waals surface area contributed by atoms with Gasteiger partial charge < -0.3 is 5.73 Å². The smallest absolute Gasteiger partial charge is 0.0895 e. The average Bonchev–Trinajstić information content (AvgIpc) is 2.47. The molecule has 19 heavy (non-hydrogen) atoms. The zero-order valence-electron chi connectivity index (χ0n) is 10.3. The number of aromatic nitrogens is 1. The number of pyridine rings is 1. The summed E-state index contributed by atoms with van der Waals surface area (Å²) in [5, 5.41) is 1.72. The second-order valence-corrected chi connectivity index (χ2v) is 4.82. The molecule has 2 N–H and O–H groups in total. The Morgan fingerprint density at radius 3 is 2.47 bits per heavy atom. The van der Waals surface area contributed by atoms with Crippen LogP contribution in [0.4, 0.5) is 0 Å². The Kier molecular flexibility index (Phi) is 3.20. The van der Waals surface area contributed by atoms with E-state index in [0.717, 1.165) is 27.7 Å². The van der Waals surface area contributed by atoms with E-state index < -0.39 is 0 Å². The fourth-order valence-electron chi connectivity index (χ4n) is 2.09. The molecule has 0 saturated carbocycles. The Morgan fingerprint density at radius 2 is 1.74 bits per heavy atom. The topological polar surface area (TPSA) is 38.9 Å². The zero-order valence-corrected chi connectivity index (χ0v) is 11.1. The average molecular weight is 269 g/mol. The number of benzene rings is 2. The highest BCUT2D eigenvalue weighted by molar-refractivity contribution is 6.33. The largest absolute Gasteiger partial charge is 0.326 e. The number of fused-ring (bicyclic) bond motifs is 1. The lowest BCUT2D eigenvalue weighted by atomic mass is 10.1.